The number of aliphatic hydroxyl groups is 1. The van der Waals surface area contributed by atoms with Gasteiger partial charge >= 0.3 is 5.97 Å². The van der Waals surface area contributed by atoms with E-state index >= 15 is 0 Å². The van der Waals surface area contributed by atoms with Gasteiger partial charge in [-0.2, -0.15) is 0 Å². The number of methoxy groups -OCH3 is 2. The van der Waals surface area contributed by atoms with Crippen LogP contribution in [0.4, 0.5) is 0 Å². The number of ether oxygens (including phenoxy) is 2. The van der Waals surface area contributed by atoms with Crippen molar-refractivity contribution < 1.29 is 43.7 Å². The summed E-state index contributed by atoms with van der Waals surface area (Å²) in [6.45, 7) is 13.6. The number of carbonyl (C=O) groups excluding carboxylic acids is 4. The van der Waals surface area contributed by atoms with Gasteiger partial charge in [0, 0.05) is 27.8 Å². The third kappa shape index (κ3) is 11.7. The Labute approximate surface area is 315 Å². The Bertz CT molecular complexity index is 1350. The number of amides is 4. The van der Waals surface area contributed by atoms with E-state index in [4.69, 9.17) is 9.47 Å². The van der Waals surface area contributed by atoms with E-state index in [0.29, 0.717) is 24.9 Å². The second kappa shape index (κ2) is 20.8. The molecule has 1 aliphatic heterocycles. The molecule has 1 saturated heterocycles. The van der Waals surface area contributed by atoms with Crippen molar-refractivity contribution in [3.63, 3.8) is 0 Å². The van der Waals surface area contributed by atoms with E-state index in [2.05, 4.69) is 10.6 Å². The van der Waals surface area contributed by atoms with Gasteiger partial charge in [-0.05, 0) is 50.3 Å². The van der Waals surface area contributed by atoms with Crippen LogP contribution in [0.15, 0.2) is 30.3 Å². The van der Waals surface area contributed by atoms with E-state index in [9.17, 15) is 34.2 Å². The van der Waals surface area contributed by atoms with E-state index in [1.807, 2.05) is 60.5 Å². The first kappa shape index (κ1) is 45.6. The third-order valence-corrected chi connectivity index (χ3v) is 10.4. The fourth-order valence-corrected chi connectivity index (χ4v) is 7.70. The SMILES string of the molecule is CO[C@H]([C@@H](C)C(=O)N[C@H](C(=O)O)[C@@H](O)c1ccccc1)[C@@H]1CCCN1C(=O)C[C@@H](OC)[C@H](C(C)C)N(C)C(=O)[C@@H](NC(=O)[C@H](C(C)C)N(C)C)C(C)C. The van der Waals surface area contributed by atoms with Gasteiger partial charge in [0.05, 0.1) is 42.7 Å². The molecule has 2 rings (SSSR count). The Morgan fingerprint density at radius 2 is 1.43 bits per heavy atom. The molecule has 1 aromatic carbocycles. The zero-order valence-electron chi connectivity index (χ0n) is 33.7. The molecular formula is C39H65N5O9. The summed E-state index contributed by atoms with van der Waals surface area (Å²) >= 11 is 0. The highest BCUT2D eigenvalue weighted by atomic mass is 16.5. The number of hydrogen-bond acceptors (Lipinski definition) is 9. The largest absolute Gasteiger partial charge is 0.480 e. The number of carbonyl (C=O) groups is 5. The van der Waals surface area contributed by atoms with Crippen LogP contribution in [0.1, 0.15) is 79.4 Å². The lowest BCUT2D eigenvalue weighted by atomic mass is 9.91. The lowest BCUT2D eigenvalue weighted by Gasteiger charge is -2.40. The Morgan fingerprint density at radius 1 is 0.849 bits per heavy atom. The second-order valence-corrected chi connectivity index (χ2v) is 15.5. The molecule has 4 amide bonds. The number of carboxylic acids is 1. The summed E-state index contributed by atoms with van der Waals surface area (Å²) in [5.41, 5.74) is 0.344. The van der Waals surface area contributed by atoms with Crippen LogP contribution >= 0.6 is 0 Å². The molecule has 1 aliphatic rings. The summed E-state index contributed by atoms with van der Waals surface area (Å²) in [4.78, 5) is 72.2. The Hall–Kier alpha value is -3.59. The number of carboxylic acid groups (broad SMARTS) is 1. The fraction of sp³-hybridized carbons (Fsp3) is 0.718. The van der Waals surface area contributed by atoms with Crippen LogP contribution in [0.5, 0.6) is 0 Å². The van der Waals surface area contributed by atoms with Gasteiger partial charge in [0.25, 0.3) is 0 Å². The van der Waals surface area contributed by atoms with Gasteiger partial charge in [-0.1, -0.05) is 78.8 Å². The molecule has 1 fully saturated rings. The highest BCUT2D eigenvalue weighted by Gasteiger charge is 2.43. The van der Waals surface area contributed by atoms with Crippen LogP contribution in [0.3, 0.4) is 0 Å². The molecular weight excluding hydrogens is 682 g/mol. The Balaban J connectivity index is 2.26. The smallest absolute Gasteiger partial charge is 0.329 e. The average Bonchev–Trinajstić information content (AvgIpc) is 3.58. The molecule has 4 N–H and O–H groups in total. The lowest BCUT2D eigenvalue weighted by molar-refractivity contribution is -0.149. The van der Waals surface area contributed by atoms with Gasteiger partial charge in [0.2, 0.25) is 23.6 Å². The van der Waals surface area contributed by atoms with E-state index < -0.39 is 66.3 Å². The Morgan fingerprint density at radius 3 is 1.91 bits per heavy atom. The normalized spacial score (nSPS) is 19.3. The monoisotopic (exact) mass is 747 g/mol. The van der Waals surface area contributed by atoms with Crippen molar-refractivity contribution in [2.45, 2.75) is 116 Å². The van der Waals surface area contributed by atoms with E-state index in [-0.39, 0.29) is 41.9 Å². The van der Waals surface area contributed by atoms with Crippen LogP contribution in [0.25, 0.3) is 0 Å². The first-order valence-electron chi connectivity index (χ1n) is 18.6. The zero-order chi connectivity index (χ0) is 40.3. The van der Waals surface area contributed by atoms with Crippen molar-refractivity contribution in [3.8, 4) is 0 Å². The number of aliphatic hydroxyl groups excluding tert-OH is 1. The maximum absolute atomic E-state index is 14.1. The molecule has 53 heavy (non-hydrogen) atoms. The summed E-state index contributed by atoms with van der Waals surface area (Å²) in [5, 5.41) is 26.1. The predicted octanol–water partition coefficient (Wildman–Crippen LogP) is 2.55. The zero-order valence-corrected chi connectivity index (χ0v) is 33.7. The van der Waals surface area contributed by atoms with Crippen molar-refractivity contribution in [1.82, 2.24) is 25.3 Å². The maximum atomic E-state index is 14.1. The number of hydrogen-bond donors (Lipinski definition) is 4. The summed E-state index contributed by atoms with van der Waals surface area (Å²) in [7, 11) is 8.30. The van der Waals surface area contributed by atoms with Crippen molar-refractivity contribution in [2.24, 2.45) is 23.7 Å². The number of benzene rings is 1. The van der Waals surface area contributed by atoms with Crippen LogP contribution in [-0.2, 0) is 33.4 Å². The number of aliphatic carboxylic acids is 1. The molecule has 0 saturated carbocycles. The molecule has 0 bridgehead atoms. The minimum Gasteiger partial charge on any atom is -0.480 e. The molecule has 0 aromatic heterocycles. The van der Waals surface area contributed by atoms with Gasteiger partial charge in [0.1, 0.15) is 12.1 Å². The average molecular weight is 748 g/mol. The molecule has 14 heteroatoms. The van der Waals surface area contributed by atoms with E-state index in [1.54, 1.807) is 54.1 Å². The first-order chi connectivity index (χ1) is 24.8. The lowest BCUT2D eigenvalue weighted by Crippen LogP contribution is -2.59. The molecule has 0 spiro atoms. The second-order valence-electron chi connectivity index (χ2n) is 15.5. The quantitative estimate of drug-likeness (QED) is 0.155. The van der Waals surface area contributed by atoms with Gasteiger partial charge in [0.15, 0.2) is 6.04 Å². The number of rotatable bonds is 20. The summed E-state index contributed by atoms with van der Waals surface area (Å²) in [5.74, 6) is -3.94. The van der Waals surface area contributed by atoms with Crippen molar-refractivity contribution in [3.05, 3.63) is 35.9 Å². The molecule has 14 nitrogen and oxygen atoms in total. The highest BCUT2D eigenvalue weighted by Crippen LogP contribution is 2.29. The van der Waals surface area contributed by atoms with Crippen LogP contribution < -0.4 is 10.6 Å². The summed E-state index contributed by atoms with van der Waals surface area (Å²) < 4.78 is 11.7. The number of nitrogens with zero attached hydrogens (tertiary/aromatic N) is 3. The van der Waals surface area contributed by atoms with Gasteiger partial charge in [-0.15, -0.1) is 0 Å². The number of likely N-dealkylation sites (N-methyl/N-ethyl adjacent to an activating group) is 2. The third-order valence-electron chi connectivity index (χ3n) is 10.4. The number of likely N-dealkylation sites (tertiary alicyclic amines) is 1. The van der Waals surface area contributed by atoms with Crippen LogP contribution in [0.2, 0.25) is 0 Å². The molecule has 0 aliphatic carbocycles. The minimum atomic E-state index is -1.60. The minimum absolute atomic E-state index is 0.0247. The van der Waals surface area contributed by atoms with E-state index in [0.717, 1.165) is 0 Å². The molecule has 9 atom stereocenters. The van der Waals surface area contributed by atoms with Crippen molar-refractivity contribution >= 4 is 29.6 Å². The fourth-order valence-electron chi connectivity index (χ4n) is 7.70. The van der Waals surface area contributed by atoms with Crippen molar-refractivity contribution in [1.29, 1.82) is 0 Å². The summed E-state index contributed by atoms with van der Waals surface area (Å²) in [6, 6.07) is 4.40. The Kier molecular flexibility index (Phi) is 17.8. The number of nitrogens with one attached hydrogen (secondary N) is 2. The summed E-state index contributed by atoms with van der Waals surface area (Å²) in [6.07, 6.45) is -1.78. The molecule has 0 unspecified atom stereocenters. The van der Waals surface area contributed by atoms with E-state index in [1.165, 1.54) is 14.2 Å². The predicted molar refractivity (Wildman–Crippen MR) is 202 cm³/mol. The van der Waals surface area contributed by atoms with Gasteiger partial charge < -0.3 is 40.1 Å². The topological polar surface area (TPSA) is 178 Å². The van der Waals surface area contributed by atoms with Gasteiger partial charge in [-0.25, -0.2) is 4.79 Å². The molecule has 1 aromatic rings. The van der Waals surface area contributed by atoms with Crippen LogP contribution in [0, 0.1) is 23.7 Å². The standard InChI is InChI=1S/C39H65N5O9/c1-22(2)30(40-37(48)33(24(5)6)42(8)9)38(49)43(10)32(23(3)4)28(52-11)21-29(45)44-20-16-19-27(44)35(53-12)25(7)36(47)41-31(39(50)51)34(46)26-17-14-13-15-18-26/h13-15,17-18,22-25,27-28,30-35,46H,16,19-21H2,1-12H3,(H,40,48)(H,41,47)(H,50,51)/t25-,27+,28-,30+,31+,32+,33+,34+,35-/m1/s1. The first-order valence-corrected chi connectivity index (χ1v) is 18.6. The van der Waals surface area contributed by atoms with Gasteiger partial charge in [-0.3, -0.25) is 24.1 Å². The molecule has 1 heterocycles. The molecule has 0 radical (unpaired) electrons. The maximum Gasteiger partial charge on any atom is 0.329 e. The van der Waals surface area contributed by atoms with Crippen molar-refractivity contribution in [2.75, 3.05) is 41.9 Å². The highest BCUT2D eigenvalue weighted by molar-refractivity contribution is 5.90. The van der Waals surface area contributed by atoms with Crippen LogP contribution in [-0.4, -0.2) is 139 Å². The molecule has 300 valence electrons.